The number of amides is 1. The quantitative estimate of drug-likeness (QED) is 0.896. The monoisotopic (exact) mass is 328 g/mol. The Balaban J connectivity index is 2.04. The van der Waals surface area contributed by atoms with E-state index in [9.17, 15) is 17.6 Å². The fraction of sp³-hybridized carbons (Fsp3) is 0.533. The lowest BCUT2D eigenvalue weighted by Gasteiger charge is -2.36. The molecular weight excluding hydrogens is 307 g/mol. The van der Waals surface area contributed by atoms with Crippen LogP contribution < -0.4 is 4.72 Å². The first-order valence-corrected chi connectivity index (χ1v) is 9.25. The maximum atomic E-state index is 13.4. The summed E-state index contributed by atoms with van der Waals surface area (Å²) in [6, 6.07) is 6.19. The molecule has 1 aliphatic heterocycles. The van der Waals surface area contributed by atoms with E-state index in [0.29, 0.717) is 6.54 Å². The first-order valence-electron chi connectivity index (χ1n) is 7.36. The highest BCUT2D eigenvalue weighted by atomic mass is 32.2. The van der Waals surface area contributed by atoms with Crippen LogP contribution in [0.5, 0.6) is 0 Å². The summed E-state index contributed by atoms with van der Waals surface area (Å²) in [5, 5.41) is 0. The Labute approximate surface area is 130 Å². The number of halogens is 1. The number of nitrogens with one attached hydrogen (secondary N) is 1. The van der Waals surface area contributed by atoms with E-state index >= 15 is 0 Å². The third-order valence-corrected chi connectivity index (χ3v) is 4.49. The minimum Gasteiger partial charge on any atom is -0.336 e. The molecule has 0 spiro atoms. The maximum absolute atomic E-state index is 13.4. The number of carbonyl (C=O) groups is 1. The van der Waals surface area contributed by atoms with Crippen LogP contribution >= 0.6 is 0 Å². The van der Waals surface area contributed by atoms with Crippen molar-refractivity contribution in [2.24, 2.45) is 0 Å². The Morgan fingerprint density at radius 1 is 1.41 bits per heavy atom. The Bertz CT molecular complexity index is 633. The van der Waals surface area contributed by atoms with E-state index in [4.69, 9.17) is 0 Å². The molecule has 1 heterocycles. The van der Waals surface area contributed by atoms with Crippen molar-refractivity contribution in [3.63, 3.8) is 0 Å². The molecule has 2 rings (SSSR count). The van der Waals surface area contributed by atoms with Gasteiger partial charge in [0, 0.05) is 19.5 Å². The fourth-order valence-electron chi connectivity index (χ4n) is 2.78. The Morgan fingerprint density at radius 2 is 2.18 bits per heavy atom. The van der Waals surface area contributed by atoms with Crippen molar-refractivity contribution in [2.75, 3.05) is 19.3 Å². The van der Waals surface area contributed by atoms with E-state index in [0.717, 1.165) is 31.1 Å². The summed E-state index contributed by atoms with van der Waals surface area (Å²) >= 11 is 0. The highest BCUT2D eigenvalue weighted by Crippen LogP contribution is 2.31. The van der Waals surface area contributed by atoms with Gasteiger partial charge in [-0.25, -0.2) is 17.5 Å². The molecular formula is C15H21FN2O3S. The van der Waals surface area contributed by atoms with Crippen molar-refractivity contribution in [1.29, 1.82) is 0 Å². The van der Waals surface area contributed by atoms with Crippen LogP contribution in [-0.2, 0) is 14.8 Å². The van der Waals surface area contributed by atoms with E-state index in [2.05, 4.69) is 4.72 Å². The molecule has 0 saturated carbocycles. The zero-order valence-electron chi connectivity index (χ0n) is 12.6. The maximum Gasteiger partial charge on any atom is 0.224 e. The molecule has 1 N–H and O–H groups in total. The second kappa shape index (κ2) is 7.19. The topological polar surface area (TPSA) is 66.5 Å². The number of rotatable bonds is 5. The average molecular weight is 328 g/mol. The average Bonchev–Trinajstić information content (AvgIpc) is 2.46. The van der Waals surface area contributed by atoms with Crippen LogP contribution in [-0.4, -0.2) is 38.6 Å². The predicted octanol–water partition coefficient (Wildman–Crippen LogP) is 1.82. The number of benzene rings is 1. The lowest BCUT2D eigenvalue weighted by Crippen LogP contribution is -2.40. The Hall–Kier alpha value is -1.47. The minimum absolute atomic E-state index is 0.0873. The van der Waals surface area contributed by atoms with Gasteiger partial charge >= 0.3 is 0 Å². The summed E-state index contributed by atoms with van der Waals surface area (Å²) in [4.78, 5) is 14.1. The van der Waals surface area contributed by atoms with Gasteiger partial charge in [-0.2, -0.15) is 0 Å². The van der Waals surface area contributed by atoms with Crippen molar-refractivity contribution in [1.82, 2.24) is 9.62 Å². The van der Waals surface area contributed by atoms with E-state index in [1.165, 1.54) is 12.1 Å². The number of nitrogens with zero attached hydrogens (tertiary/aromatic N) is 1. The van der Waals surface area contributed by atoms with Crippen molar-refractivity contribution >= 4 is 15.9 Å². The molecule has 1 aromatic carbocycles. The summed E-state index contributed by atoms with van der Waals surface area (Å²) in [7, 11) is -3.29. The van der Waals surface area contributed by atoms with Gasteiger partial charge in [-0.05, 0) is 37.0 Å². The number of carbonyl (C=O) groups excluding carboxylic acids is 1. The number of hydrogen-bond donors (Lipinski definition) is 1. The second-order valence-electron chi connectivity index (χ2n) is 5.57. The molecule has 0 aromatic heterocycles. The third kappa shape index (κ3) is 4.78. The summed E-state index contributed by atoms with van der Waals surface area (Å²) in [6.45, 7) is 0.711. The molecule has 1 atom stereocenters. The zero-order valence-corrected chi connectivity index (χ0v) is 13.4. The molecule has 1 fully saturated rings. The molecule has 0 aliphatic carbocycles. The van der Waals surface area contributed by atoms with E-state index in [-0.39, 0.29) is 30.7 Å². The zero-order chi connectivity index (χ0) is 16.2. The van der Waals surface area contributed by atoms with Crippen LogP contribution in [0.25, 0.3) is 0 Å². The molecule has 1 aromatic rings. The first-order chi connectivity index (χ1) is 10.4. The predicted molar refractivity (Wildman–Crippen MR) is 82.2 cm³/mol. The minimum atomic E-state index is -3.29. The van der Waals surface area contributed by atoms with Gasteiger partial charge in [0.2, 0.25) is 15.9 Å². The van der Waals surface area contributed by atoms with E-state index < -0.39 is 10.0 Å². The highest BCUT2D eigenvalue weighted by molar-refractivity contribution is 7.88. The van der Waals surface area contributed by atoms with Crippen LogP contribution in [0, 0.1) is 5.82 Å². The Morgan fingerprint density at radius 3 is 2.86 bits per heavy atom. The van der Waals surface area contributed by atoms with Crippen LogP contribution in [0.2, 0.25) is 0 Å². The standard InChI is InChI=1S/C15H21FN2O3S/c1-22(20,21)17-9-8-15(19)18-10-3-2-7-14(18)12-5-4-6-13(16)11-12/h4-6,11,14,17H,2-3,7-10H2,1H3. The van der Waals surface area contributed by atoms with Crippen molar-refractivity contribution in [3.05, 3.63) is 35.6 Å². The smallest absolute Gasteiger partial charge is 0.224 e. The third-order valence-electron chi connectivity index (χ3n) is 3.76. The molecule has 0 radical (unpaired) electrons. The summed E-state index contributed by atoms with van der Waals surface area (Å²) in [6.07, 6.45) is 3.88. The van der Waals surface area contributed by atoms with E-state index in [1.54, 1.807) is 11.0 Å². The van der Waals surface area contributed by atoms with Gasteiger partial charge in [-0.3, -0.25) is 4.79 Å². The highest BCUT2D eigenvalue weighted by Gasteiger charge is 2.27. The van der Waals surface area contributed by atoms with Gasteiger partial charge in [-0.15, -0.1) is 0 Å². The molecule has 7 heteroatoms. The van der Waals surface area contributed by atoms with Crippen LogP contribution in [0.4, 0.5) is 4.39 Å². The van der Waals surface area contributed by atoms with Gasteiger partial charge in [0.1, 0.15) is 5.82 Å². The van der Waals surface area contributed by atoms with Crippen molar-refractivity contribution < 1.29 is 17.6 Å². The normalized spacial score (nSPS) is 19.2. The fourth-order valence-corrected chi connectivity index (χ4v) is 3.25. The molecule has 1 aliphatic rings. The SMILES string of the molecule is CS(=O)(=O)NCCC(=O)N1CCCCC1c1cccc(F)c1. The summed E-state index contributed by atoms with van der Waals surface area (Å²) in [5.74, 6) is -0.417. The number of sulfonamides is 1. The lowest BCUT2D eigenvalue weighted by atomic mass is 9.95. The van der Waals surface area contributed by atoms with Gasteiger partial charge < -0.3 is 4.90 Å². The van der Waals surface area contributed by atoms with Crippen LogP contribution in [0.3, 0.4) is 0 Å². The van der Waals surface area contributed by atoms with Gasteiger partial charge in [0.05, 0.1) is 12.3 Å². The van der Waals surface area contributed by atoms with Crippen molar-refractivity contribution in [3.8, 4) is 0 Å². The molecule has 1 saturated heterocycles. The second-order valence-corrected chi connectivity index (χ2v) is 7.40. The van der Waals surface area contributed by atoms with Crippen LogP contribution in [0.15, 0.2) is 24.3 Å². The van der Waals surface area contributed by atoms with Gasteiger partial charge in [0.25, 0.3) is 0 Å². The molecule has 5 nitrogen and oxygen atoms in total. The van der Waals surface area contributed by atoms with Gasteiger partial charge in [-0.1, -0.05) is 12.1 Å². The number of piperidine rings is 1. The molecule has 0 bridgehead atoms. The number of likely N-dealkylation sites (tertiary alicyclic amines) is 1. The Kier molecular flexibility index (Phi) is 5.52. The lowest BCUT2D eigenvalue weighted by molar-refractivity contribution is -0.134. The van der Waals surface area contributed by atoms with Crippen molar-refractivity contribution in [2.45, 2.75) is 31.7 Å². The molecule has 1 unspecified atom stereocenters. The first kappa shape index (κ1) is 16.9. The van der Waals surface area contributed by atoms with Crippen LogP contribution in [0.1, 0.15) is 37.3 Å². The number of hydrogen-bond acceptors (Lipinski definition) is 3. The summed E-state index contributed by atoms with van der Waals surface area (Å²) < 4.78 is 37.8. The molecule has 1 amide bonds. The molecule has 122 valence electrons. The largest absolute Gasteiger partial charge is 0.336 e. The van der Waals surface area contributed by atoms with E-state index in [1.807, 2.05) is 6.07 Å². The molecule has 22 heavy (non-hydrogen) atoms. The van der Waals surface area contributed by atoms with Gasteiger partial charge in [0.15, 0.2) is 0 Å². The summed E-state index contributed by atoms with van der Waals surface area (Å²) in [5.41, 5.74) is 0.795.